The molecule has 0 aliphatic carbocycles. The third-order valence-corrected chi connectivity index (χ3v) is 4.99. The molecule has 1 aromatic carbocycles. The van der Waals surface area contributed by atoms with Crippen molar-refractivity contribution < 1.29 is 17.9 Å². The van der Waals surface area contributed by atoms with Crippen LogP contribution < -0.4 is 14.4 Å². The van der Waals surface area contributed by atoms with Gasteiger partial charge >= 0.3 is 0 Å². The minimum atomic E-state index is -3.74. The molecule has 0 atom stereocenters. The summed E-state index contributed by atoms with van der Waals surface area (Å²) in [5.41, 5.74) is 0.697. The van der Waals surface area contributed by atoms with E-state index in [-0.39, 0.29) is 4.90 Å². The lowest BCUT2D eigenvalue weighted by molar-refractivity contribution is 0.355. The number of methoxy groups -OCH3 is 2. The standard InChI is InChI=1S/C16H17N3O4S/c1-4-15-18-24(20,21)14-6-5-9-17-16(14)19(15)11-7-8-12(22-2)13(10-11)23-3/h5-10H,4H2,1-3H3. The summed E-state index contributed by atoms with van der Waals surface area (Å²) in [6, 6.07) is 8.41. The average molecular weight is 347 g/mol. The number of amidine groups is 1. The highest BCUT2D eigenvalue weighted by Gasteiger charge is 2.32. The zero-order valence-corrected chi connectivity index (χ0v) is 14.4. The molecule has 1 aliphatic heterocycles. The Labute approximate surface area is 140 Å². The maximum atomic E-state index is 12.3. The molecule has 1 aliphatic rings. The SMILES string of the molecule is CCC1=NS(=O)(=O)c2cccnc2N1c1ccc(OC)c(OC)c1. The molecule has 0 saturated heterocycles. The van der Waals surface area contributed by atoms with Gasteiger partial charge in [0, 0.05) is 18.7 Å². The van der Waals surface area contributed by atoms with Gasteiger partial charge in [0.25, 0.3) is 10.0 Å². The molecule has 2 aromatic rings. The van der Waals surface area contributed by atoms with E-state index in [4.69, 9.17) is 9.47 Å². The number of nitrogens with zero attached hydrogens (tertiary/aromatic N) is 3. The summed E-state index contributed by atoms with van der Waals surface area (Å²) < 4.78 is 39.2. The van der Waals surface area contributed by atoms with Crippen LogP contribution in [0.2, 0.25) is 0 Å². The van der Waals surface area contributed by atoms with Crippen molar-refractivity contribution in [2.45, 2.75) is 18.2 Å². The van der Waals surface area contributed by atoms with Gasteiger partial charge in [-0.25, -0.2) is 4.98 Å². The highest BCUT2D eigenvalue weighted by atomic mass is 32.2. The summed E-state index contributed by atoms with van der Waals surface area (Å²) in [6.45, 7) is 1.84. The Bertz CT molecular complexity index is 909. The van der Waals surface area contributed by atoms with E-state index in [0.29, 0.717) is 35.3 Å². The number of fused-ring (bicyclic) bond motifs is 1. The quantitative estimate of drug-likeness (QED) is 0.846. The predicted octanol–water partition coefficient (Wildman–Crippen LogP) is 2.75. The van der Waals surface area contributed by atoms with Crippen molar-refractivity contribution in [2.75, 3.05) is 19.1 Å². The molecule has 8 heteroatoms. The summed E-state index contributed by atoms with van der Waals surface area (Å²) in [6.07, 6.45) is 1.99. The molecule has 0 amide bonds. The van der Waals surface area contributed by atoms with E-state index >= 15 is 0 Å². The van der Waals surface area contributed by atoms with Crippen LogP contribution in [0.1, 0.15) is 13.3 Å². The number of aromatic nitrogens is 1. The number of hydrogen-bond donors (Lipinski definition) is 0. The topological polar surface area (TPSA) is 81.1 Å². The number of sulfonamides is 1. The van der Waals surface area contributed by atoms with Gasteiger partial charge in [-0.15, -0.1) is 4.40 Å². The molecule has 0 saturated carbocycles. The lowest BCUT2D eigenvalue weighted by Gasteiger charge is -2.29. The van der Waals surface area contributed by atoms with Crippen LogP contribution in [0.15, 0.2) is 45.8 Å². The molecule has 0 radical (unpaired) electrons. The summed E-state index contributed by atoms with van der Waals surface area (Å²) >= 11 is 0. The second-order valence-corrected chi connectivity index (χ2v) is 6.61. The zero-order chi connectivity index (χ0) is 17.3. The van der Waals surface area contributed by atoms with E-state index < -0.39 is 10.0 Å². The van der Waals surface area contributed by atoms with Gasteiger partial charge in [-0.1, -0.05) is 6.92 Å². The molecule has 0 unspecified atom stereocenters. The minimum Gasteiger partial charge on any atom is -0.493 e. The van der Waals surface area contributed by atoms with Gasteiger partial charge in [0.15, 0.2) is 17.3 Å². The molecule has 7 nitrogen and oxygen atoms in total. The maximum absolute atomic E-state index is 12.3. The monoisotopic (exact) mass is 347 g/mol. The lowest BCUT2D eigenvalue weighted by Crippen LogP contribution is -2.32. The van der Waals surface area contributed by atoms with Crippen molar-refractivity contribution in [1.82, 2.24) is 4.98 Å². The lowest BCUT2D eigenvalue weighted by atomic mass is 10.2. The van der Waals surface area contributed by atoms with E-state index in [9.17, 15) is 8.42 Å². The van der Waals surface area contributed by atoms with Gasteiger partial charge in [0.05, 0.1) is 19.9 Å². The van der Waals surface area contributed by atoms with Crippen LogP contribution in [0.25, 0.3) is 0 Å². The van der Waals surface area contributed by atoms with Crippen LogP contribution in [0.5, 0.6) is 11.5 Å². The van der Waals surface area contributed by atoms with Crippen LogP contribution in [-0.4, -0.2) is 33.5 Å². The van der Waals surface area contributed by atoms with E-state index in [1.165, 1.54) is 6.07 Å². The zero-order valence-electron chi connectivity index (χ0n) is 13.6. The van der Waals surface area contributed by atoms with E-state index in [2.05, 4.69) is 9.38 Å². The Morgan fingerprint density at radius 2 is 1.88 bits per heavy atom. The Balaban J connectivity index is 2.23. The Hall–Kier alpha value is -2.61. The molecular formula is C16H17N3O4S. The molecule has 1 aromatic heterocycles. The van der Waals surface area contributed by atoms with Gasteiger partial charge < -0.3 is 9.47 Å². The molecule has 0 spiro atoms. The number of pyridine rings is 1. The minimum absolute atomic E-state index is 0.0805. The molecule has 2 heterocycles. The second kappa shape index (κ2) is 6.12. The third-order valence-electron chi connectivity index (χ3n) is 3.67. The molecule has 3 rings (SSSR count). The van der Waals surface area contributed by atoms with Crippen LogP contribution >= 0.6 is 0 Å². The first-order valence-corrected chi connectivity index (χ1v) is 8.77. The molecule has 0 N–H and O–H groups in total. The Morgan fingerprint density at radius 3 is 2.54 bits per heavy atom. The number of anilines is 2. The summed E-state index contributed by atoms with van der Waals surface area (Å²) in [4.78, 5) is 6.06. The molecule has 0 fully saturated rings. The fraction of sp³-hybridized carbons (Fsp3) is 0.250. The first-order valence-electron chi connectivity index (χ1n) is 7.33. The Kier molecular flexibility index (Phi) is 4.15. The third kappa shape index (κ3) is 2.58. The Morgan fingerprint density at radius 1 is 1.12 bits per heavy atom. The van der Waals surface area contributed by atoms with Gasteiger partial charge in [-0.2, -0.15) is 8.42 Å². The van der Waals surface area contributed by atoms with Crippen LogP contribution in [0.4, 0.5) is 11.5 Å². The van der Waals surface area contributed by atoms with Crippen molar-refractivity contribution >= 4 is 27.4 Å². The smallest absolute Gasteiger partial charge is 0.287 e. The van der Waals surface area contributed by atoms with Crippen molar-refractivity contribution in [3.63, 3.8) is 0 Å². The van der Waals surface area contributed by atoms with E-state index in [1.54, 1.807) is 43.5 Å². The van der Waals surface area contributed by atoms with Crippen LogP contribution in [-0.2, 0) is 10.0 Å². The van der Waals surface area contributed by atoms with Crippen LogP contribution in [0, 0.1) is 0 Å². The fourth-order valence-corrected chi connectivity index (χ4v) is 3.77. The summed E-state index contributed by atoms with van der Waals surface area (Å²) in [5.74, 6) is 1.85. The molecule has 24 heavy (non-hydrogen) atoms. The van der Waals surface area contributed by atoms with E-state index in [1.807, 2.05) is 13.0 Å². The first-order chi connectivity index (χ1) is 11.5. The van der Waals surface area contributed by atoms with Gasteiger partial charge in [-0.05, 0) is 24.3 Å². The number of hydrogen-bond acceptors (Lipinski definition) is 6. The van der Waals surface area contributed by atoms with Gasteiger partial charge in [0.2, 0.25) is 0 Å². The number of benzene rings is 1. The van der Waals surface area contributed by atoms with Crippen molar-refractivity contribution in [3.8, 4) is 11.5 Å². The van der Waals surface area contributed by atoms with Crippen LogP contribution in [0.3, 0.4) is 0 Å². The summed E-state index contributed by atoms with van der Waals surface area (Å²) in [5, 5.41) is 0. The van der Waals surface area contributed by atoms with Gasteiger partial charge in [-0.3, -0.25) is 4.90 Å². The average Bonchev–Trinajstić information content (AvgIpc) is 2.60. The first kappa shape index (κ1) is 16.3. The van der Waals surface area contributed by atoms with Crippen molar-refractivity contribution in [1.29, 1.82) is 0 Å². The number of rotatable bonds is 4. The highest BCUT2D eigenvalue weighted by molar-refractivity contribution is 7.90. The van der Waals surface area contributed by atoms with Crippen molar-refractivity contribution in [3.05, 3.63) is 36.5 Å². The maximum Gasteiger partial charge on any atom is 0.287 e. The summed E-state index contributed by atoms with van der Waals surface area (Å²) in [7, 11) is -0.644. The second-order valence-electron chi connectivity index (χ2n) is 5.04. The fourth-order valence-electron chi connectivity index (χ4n) is 2.56. The normalized spacial score (nSPS) is 15.5. The predicted molar refractivity (Wildman–Crippen MR) is 90.8 cm³/mol. The molecule has 0 bridgehead atoms. The van der Waals surface area contributed by atoms with Gasteiger partial charge in [0.1, 0.15) is 10.7 Å². The molecule has 126 valence electrons. The number of ether oxygens (including phenoxy) is 2. The highest BCUT2D eigenvalue weighted by Crippen LogP contribution is 2.39. The van der Waals surface area contributed by atoms with E-state index in [0.717, 1.165) is 0 Å². The molecular weight excluding hydrogens is 330 g/mol. The largest absolute Gasteiger partial charge is 0.493 e. The van der Waals surface area contributed by atoms with Crippen molar-refractivity contribution in [2.24, 2.45) is 4.40 Å².